The van der Waals surface area contributed by atoms with Crippen molar-refractivity contribution >= 4 is 17.3 Å². The lowest BCUT2D eigenvalue weighted by molar-refractivity contribution is -0.383. The Labute approximate surface area is 118 Å². The molecule has 0 unspecified atom stereocenters. The molecule has 0 fully saturated rings. The van der Waals surface area contributed by atoms with Crippen molar-refractivity contribution in [3.8, 4) is 0 Å². The fourth-order valence-corrected chi connectivity index (χ4v) is 1.69. The lowest BCUT2D eigenvalue weighted by atomic mass is 9.92. The monoisotopic (exact) mass is 279 g/mol. The Hall–Kier alpha value is -2.11. The van der Waals surface area contributed by atoms with Gasteiger partial charge in [0.25, 0.3) is 11.6 Å². The first kappa shape index (κ1) is 15.9. The lowest BCUT2D eigenvalue weighted by Gasteiger charge is -2.18. The van der Waals surface area contributed by atoms with Crippen LogP contribution in [0.1, 0.15) is 37.6 Å². The van der Waals surface area contributed by atoms with E-state index in [1.54, 1.807) is 7.05 Å². The second-order valence-electron chi connectivity index (χ2n) is 5.81. The van der Waals surface area contributed by atoms with Crippen molar-refractivity contribution in [2.45, 2.75) is 27.2 Å². The zero-order valence-corrected chi connectivity index (χ0v) is 12.3. The molecule has 0 bridgehead atoms. The Balaban J connectivity index is 2.77. The van der Waals surface area contributed by atoms with Gasteiger partial charge in [-0.2, -0.15) is 0 Å². The van der Waals surface area contributed by atoms with E-state index >= 15 is 0 Å². The van der Waals surface area contributed by atoms with Gasteiger partial charge < -0.3 is 10.6 Å². The van der Waals surface area contributed by atoms with Crippen LogP contribution >= 0.6 is 0 Å². The van der Waals surface area contributed by atoms with E-state index in [9.17, 15) is 14.9 Å². The average molecular weight is 279 g/mol. The molecule has 1 amide bonds. The van der Waals surface area contributed by atoms with E-state index in [1.807, 2.05) is 0 Å². The van der Waals surface area contributed by atoms with Gasteiger partial charge in [-0.05, 0) is 24.0 Å². The van der Waals surface area contributed by atoms with Crippen LogP contribution in [0.15, 0.2) is 18.2 Å². The lowest BCUT2D eigenvalue weighted by Crippen LogP contribution is -2.27. The second kappa shape index (κ2) is 6.36. The van der Waals surface area contributed by atoms with Gasteiger partial charge in [0.2, 0.25) is 0 Å². The Morgan fingerprint density at radius 2 is 2.00 bits per heavy atom. The van der Waals surface area contributed by atoms with Crippen LogP contribution in [0.4, 0.5) is 11.4 Å². The number of rotatable bonds is 5. The zero-order valence-electron chi connectivity index (χ0n) is 12.3. The summed E-state index contributed by atoms with van der Waals surface area (Å²) >= 11 is 0. The van der Waals surface area contributed by atoms with E-state index in [0.29, 0.717) is 17.8 Å². The number of carbonyl (C=O) groups excluding carboxylic acids is 1. The van der Waals surface area contributed by atoms with Crippen LogP contribution in [-0.2, 0) is 0 Å². The summed E-state index contributed by atoms with van der Waals surface area (Å²) in [5.41, 5.74) is 0.852. The normalized spacial score (nSPS) is 11.0. The smallest absolute Gasteiger partial charge is 0.292 e. The minimum absolute atomic E-state index is 0.0428. The molecule has 0 saturated heterocycles. The summed E-state index contributed by atoms with van der Waals surface area (Å²) in [6.07, 6.45) is 0.866. The minimum atomic E-state index is -0.479. The molecule has 110 valence electrons. The SMILES string of the molecule is CNc1cc(C(=O)NCCC(C)(C)C)ccc1[N+](=O)[O-]. The number of hydrogen-bond acceptors (Lipinski definition) is 4. The highest BCUT2D eigenvalue weighted by molar-refractivity contribution is 5.95. The average Bonchev–Trinajstić information content (AvgIpc) is 2.36. The predicted molar refractivity (Wildman–Crippen MR) is 79.0 cm³/mol. The summed E-state index contributed by atoms with van der Waals surface area (Å²) in [5, 5.41) is 16.4. The third-order valence-electron chi connectivity index (χ3n) is 2.89. The standard InChI is InChI=1S/C14H21N3O3/c1-14(2,3)7-8-16-13(18)10-5-6-12(17(19)20)11(9-10)15-4/h5-6,9,15H,7-8H2,1-4H3,(H,16,18). The summed E-state index contributed by atoms with van der Waals surface area (Å²) in [7, 11) is 1.59. The molecular weight excluding hydrogens is 258 g/mol. The topological polar surface area (TPSA) is 84.3 Å². The van der Waals surface area contributed by atoms with Crippen molar-refractivity contribution in [1.82, 2.24) is 5.32 Å². The quantitative estimate of drug-likeness (QED) is 0.641. The van der Waals surface area contributed by atoms with E-state index in [0.717, 1.165) is 6.42 Å². The van der Waals surface area contributed by atoms with Gasteiger partial charge in [0.05, 0.1) is 4.92 Å². The first-order chi connectivity index (χ1) is 9.24. The number of hydrogen-bond donors (Lipinski definition) is 2. The van der Waals surface area contributed by atoms with Crippen LogP contribution < -0.4 is 10.6 Å². The third-order valence-corrected chi connectivity index (χ3v) is 2.89. The Bertz CT molecular complexity index is 507. The molecule has 0 spiro atoms. The van der Waals surface area contributed by atoms with Gasteiger partial charge in [-0.3, -0.25) is 14.9 Å². The van der Waals surface area contributed by atoms with Gasteiger partial charge in [-0.1, -0.05) is 20.8 Å². The highest BCUT2D eigenvalue weighted by Gasteiger charge is 2.16. The highest BCUT2D eigenvalue weighted by atomic mass is 16.6. The van der Waals surface area contributed by atoms with Gasteiger partial charge >= 0.3 is 0 Å². The molecule has 0 aliphatic carbocycles. The number of anilines is 1. The van der Waals surface area contributed by atoms with Crippen molar-refractivity contribution in [2.24, 2.45) is 5.41 Å². The Morgan fingerprint density at radius 1 is 1.35 bits per heavy atom. The summed E-state index contributed by atoms with van der Waals surface area (Å²) in [6.45, 7) is 6.88. The molecular formula is C14H21N3O3. The number of nitro groups is 1. The molecule has 6 nitrogen and oxygen atoms in total. The summed E-state index contributed by atoms with van der Waals surface area (Å²) in [5.74, 6) is -0.222. The number of nitrogens with zero attached hydrogens (tertiary/aromatic N) is 1. The van der Waals surface area contributed by atoms with Gasteiger partial charge in [-0.25, -0.2) is 0 Å². The maximum absolute atomic E-state index is 12.0. The van der Waals surface area contributed by atoms with E-state index in [1.165, 1.54) is 18.2 Å². The van der Waals surface area contributed by atoms with Crippen LogP contribution in [0.5, 0.6) is 0 Å². The van der Waals surface area contributed by atoms with Crippen LogP contribution in [0.2, 0.25) is 0 Å². The fraction of sp³-hybridized carbons (Fsp3) is 0.500. The third kappa shape index (κ3) is 4.53. The number of benzene rings is 1. The van der Waals surface area contributed by atoms with Crippen molar-refractivity contribution in [3.63, 3.8) is 0 Å². The molecule has 1 rings (SSSR count). The van der Waals surface area contributed by atoms with E-state index < -0.39 is 4.92 Å². The first-order valence-corrected chi connectivity index (χ1v) is 6.49. The van der Waals surface area contributed by atoms with Gasteiger partial charge in [0.15, 0.2) is 0 Å². The van der Waals surface area contributed by atoms with Crippen molar-refractivity contribution in [3.05, 3.63) is 33.9 Å². The number of amides is 1. The fourth-order valence-electron chi connectivity index (χ4n) is 1.69. The second-order valence-corrected chi connectivity index (χ2v) is 5.81. The van der Waals surface area contributed by atoms with Gasteiger partial charge in [0.1, 0.15) is 5.69 Å². The van der Waals surface area contributed by atoms with Crippen molar-refractivity contribution in [1.29, 1.82) is 0 Å². The molecule has 0 saturated carbocycles. The van der Waals surface area contributed by atoms with E-state index in [4.69, 9.17) is 0 Å². The predicted octanol–water partition coefficient (Wildman–Crippen LogP) is 2.80. The number of nitrogens with one attached hydrogen (secondary N) is 2. The van der Waals surface area contributed by atoms with Crippen LogP contribution in [-0.4, -0.2) is 24.4 Å². The number of carbonyl (C=O) groups is 1. The van der Waals surface area contributed by atoms with Gasteiger partial charge in [0, 0.05) is 25.2 Å². The maximum atomic E-state index is 12.0. The Morgan fingerprint density at radius 3 is 2.50 bits per heavy atom. The summed E-state index contributed by atoms with van der Waals surface area (Å²) in [4.78, 5) is 22.3. The maximum Gasteiger partial charge on any atom is 0.292 e. The highest BCUT2D eigenvalue weighted by Crippen LogP contribution is 2.25. The molecule has 0 aromatic heterocycles. The molecule has 1 aromatic carbocycles. The number of nitro benzene ring substituents is 1. The largest absolute Gasteiger partial charge is 0.383 e. The first-order valence-electron chi connectivity index (χ1n) is 6.49. The molecule has 20 heavy (non-hydrogen) atoms. The van der Waals surface area contributed by atoms with Crippen LogP contribution in [0.25, 0.3) is 0 Å². The van der Waals surface area contributed by atoms with Crippen LogP contribution in [0, 0.1) is 15.5 Å². The molecule has 0 aliphatic rings. The van der Waals surface area contributed by atoms with E-state index in [2.05, 4.69) is 31.4 Å². The molecule has 6 heteroatoms. The summed E-state index contributed by atoms with van der Waals surface area (Å²) in [6, 6.07) is 4.29. The van der Waals surface area contributed by atoms with Gasteiger partial charge in [-0.15, -0.1) is 0 Å². The van der Waals surface area contributed by atoms with Crippen molar-refractivity contribution < 1.29 is 9.72 Å². The minimum Gasteiger partial charge on any atom is -0.383 e. The molecule has 1 aromatic rings. The Kier molecular flexibility index (Phi) is 5.07. The summed E-state index contributed by atoms with van der Waals surface area (Å²) < 4.78 is 0. The van der Waals surface area contributed by atoms with Crippen molar-refractivity contribution in [2.75, 3.05) is 18.9 Å². The van der Waals surface area contributed by atoms with Crippen LogP contribution in [0.3, 0.4) is 0 Å². The molecule has 0 radical (unpaired) electrons. The molecule has 0 heterocycles. The molecule has 2 N–H and O–H groups in total. The molecule has 0 aliphatic heterocycles. The zero-order chi connectivity index (χ0) is 15.3. The van der Waals surface area contributed by atoms with E-state index in [-0.39, 0.29) is 17.0 Å². The molecule has 0 atom stereocenters.